The Morgan fingerprint density at radius 1 is 0.886 bits per heavy atom. The number of hydrogen-bond acceptors (Lipinski definition) is 8. The van der Waals surface area contributed by atoms with Crippen LogP contribution in [0.1, 0.15) is 72.4 Å². The van der Waals surface area contributed by atoms with Crippen molar-refractivity contribution in [3.05, 3.63) is 82.4 Å². The van der Waals surface area contributed by atoms with Gasteiger partial charge >= 0.3 is 0 Å². The molecule has 4 rings (SSSR count). The fourth-order valence-corrected chi connectivity index (χ4v) is 5.20. The monoisotopic (exact) mass is 613 g/mol. The summed E-state index contributed by atoms with van der Waals surface area (Å²) in [7, 11) is 6.12. The van der Waals surface area contributed by atoms with Gasteiger partial charge in [0.2, 0.25) is 5.75 Å². The van der Waals surface area contributed by atoms with Crippen molar-refractivity contribution in [1.29, 1.82) is 0 Å². The maximum atomic E-state index is 14.5. The summed E-state index contributed by atoms with van der Waals surface area (Å²) in [5.41, 5.74) is 1.40. The van der Waals surface area contributed by atoms with Gasteiger partial charge in [-0.15, -0.1) is 0 Å². The highest BCUT2D eigenvalue weighted by molar-refractivity contribution is 5.99. The number of nitrogens with zero attached hydrogens (tertiary/aromatic N) is 1. The minimum absolute atomic E-state index is 0.0177. The van der Waals surface area contributed by atoms with Crippen molar-refractivity contribution in [2.24, 2.45) is 0 Å². The summed E-state index contributed by atoms with van der Waals surface area (Å²) in [4.78, 5) is 13.2. The van der Waals surface area contributed by atoms with E-state index < -0.39 is 23.1 Å². The van der Waals surface area contributed by atoms with Crippen LogP contribution >= 0.6 is 0 Å². The van der Waals surface area contributed by atoms with Gasteiger partial charge in [-0.1, -0.05) is 13.0 Å². The Kier molecular flexibility index (Phi) is 10.7. The lowest BCUT2D eigenvalue weighted by atomic mass is 9.99. The number of amides is 1. The molecule has 0 aliphatic carbocycles. The summed E-state index contributed by atoms with van der Waals surface area (Å²) in [6.45, 7) is 3.88. The van der Waals surface area contributed by atoms with E-state index in [0.29, 0.717) is 71.1 Å². The standard InChI is InChI=1S/C33H37F2NO8/c1-7-13-43-31-23(25(8-2)36(38)33(37)22-10-9-21(34)18-24(22)35)14-19(15-28(31)39-3)26-11-12-27(44-26)20-16-29(40-4)32(42-6)30(17-20)41-5/h8-10,14-18,26-27,38H,7,11-13H2,1-6H3. The van der Waals surface area contributed by atoms with Gasteiger partial charge in [0.05, 0.1) is 58.5 Å². The van der Waals surface area contributed by atoms with Crippen LogP contribution in [0.2, 0.25) is 0 Å². The topological polar surface area (TPSA) is 95.9 Å². The number of halogens is 2. The second-order valence-electron chi connectivity index (χ2n) is 10.0. The fraction of sp³-hybridized carbons (Fsp3) is 0.364. The molecule has 1 N–H and O–H groups in total. The first-order valence-electron chi connectivity index (χ1n) is 14.2. The molecule has 0 spiro atoms. The lowest BCUT2D eigenvalue weighted by Crippen LogP contribution is -2.27. The third-order valence-corrected chi connectivity index (χ3v) is 7.33. The number of carbonyl (C=O) groups excluding carboxylic acids is 1. The molecule has 0 bridgehead atoms. The molecule has 0 saturated carbocycles. The summed E-state index contributed by atoms with van der Waals surface area (Å²) in [5, 5.41) is 11.4. The first-order valence-corrected chi connectivity index (χ1v) is 14.2. The smallest absolute Gasteiger partial charge is 0.284 e. The SMILES string of the molecule is CC=C(c1cc(C2CCC(c3cc(OC)c(OC)c(OC)c3)O2)cc(OC)c1OCCC)N(O)C(=O)c1ccc(F)cc1F. The third kappa shape index (κ3) is 6.58. The van der Waals surface area contributed by atoms with Crippen LogP contribution in [0, 0.1) is 11.6 Å². The third-order valence-electron chi connectivity index (χ3n) is 7.33. The molecule has 9 nitrogen and oxygen atoms in total. The molecule has 0 radical (unpaired) electrons. The van der Waals surface area contributed by atoms with Crippen LogP contribution in [0.5, 0.6) is 28.7 Å². The Morgan fingerprint density at radius 3 is 1.95 bits per heavy atom. The number of ether oxygens (including phenoxy) is 6. The lowest BCUT2D eigenvalue weighted by molar-refractivity contribution is -0.0118. The Bertz CT molecular complexity index is 1500. The molecule has 2 unspecified atom stereocenters. The second kappa shape index (κ2) is 14.4. The van der Waals surface area contributed by atoms with E-state index in [1.165, 1.54) is 20.3 Å². The van der Waals surface area contributed by atoms with Gasteiger partial charge in [-0.25, -0.2) is 8.78 Å². The Morgan fingerprint density at radius 2 is 1.45 bits per heavy atom. The summed E-state index contributed by atoms with van der Waals surface area (Å²) in [6.07, 6.45) is 2.82. The van der Waals surface area contributed by atoms with Crippen molar-refractivity contribution in [2.75, 3.05) is 35.0 Å². The normalized spacial score (nSPS) is 16.4. The van der Waals surface area contributed by atoms with Gasteiger partial charge in [0, 0.05) is 11.6 Å². The van der Waals surface area contributed by atoms with Crippen LogP contribution in [-0.4, -0.2) is 51.2 Å². The summed E-state index contributed by atoms with van der Waals surface area (Å²) < 4.78 is 62.7. The van der Waals surface area contributed by atoms with Crippen molar-refractivity contribution in [3.8, 4) is 28.7 Å². The molecule has 1 amide bonds. The summed E-state index contributed by atoms with van der Waals surface area (Å²) in [6, 6.07) is 9.76. The fourth-order valence-electron chi connectivity index (χ4n) is 5.20. The Balaban J connectivity index is 1.73. The van der Waals surface area contributed by atoms with E-state index in [1.54, 1.807) is 33.3 Å². The van der Waals surface area contributed by atoms with Crippen LogP contribution in [0.3, 0.4) is 0 Å². The maximum Gasteiger partial charge on any atom is 0.284 e. The number of hydroxylamine groups is 2. The van der Waals surface area contributed by atoms with Crippen molar-refractivity contribution in [3.63, 3.8) is 0 Å². The van der Waals surface area contributed by atoms with Crippen molar-refractivity contribution in [2.45, 2.75) is 45.3 Å². The lowest BCUT2D eigenvalue weighted by Gasteiger charge is -2.24. The Labute approximate surface area is 255 Å². The van der Waals surface area contributed by atoms with Gasteiger partial charge < -0.3 is 28.4 Å². The predicted octanol–water partition coefficient (Wildman–Crippen LogP) is 7.27. The Hall–Kier alpha value is -4.35. The molecule has 1 saturated heterocycles. The highest BCUT2D eigenvalue weighted by Crippen LogP contribution is 2.48. The average molecular weight is 614 g/mol. The zero-order chi connectivity index (χ0) is 32.0. The molecular formula is C33H37F2NO8. The average Bonchev–Trinajstić information content (AvgIpc) is 3.53. The zero-order valence-electron chi connectivity index (χ0n) is 25.6. The highest BCUT2D eigenvalue weighted by atomic mass is 19.1. The van der Waals surface area contributed by atoms with Gasteiger partial charge in [0.1, 0.15) is 11.6 Å². The number of allylic oxidation sites excluding steroid dienone is 1. The van der Waals surface area contributed by atoms with Crippen molar-refractivity contribution in [1.82, 2.24) is 5.06 Å². The molecule has 236 valence electrons. The van der Waals surface area contributed by atoms with Crippen molar-refractivity contribution >= 4 is 11.6 Å². The molecule has 0 aromatic heterocycles. The van der Waals surface area contributed by atoms with Crippen LogP contribution in [0.15, 0.2) is 48.5 Å². The van der Waals surface area contributed by atoms with E-state index in [4.69, 9.17) is 28.4 Å². The second-order valence-corrected chi connectivity index (χ2v) is 10.0. The minimum atomic E-state index is -1.10. The number of rotatable bonds is 12. The van der Waals surface area contributed by atoms with Crippen molar-refractivity contribution < 1.29 is 47.2 Å². The van der Waals surface area contributed by atoms with Gasteiger partial charge in [-0.05, 0) is 73.7 Å². The first kappa shape index (κ1) is 32.6. The molecule has 44 heavy (non-hydrogen) atoms. The first-order chi connectivity index (χ1) is 21.2. The molecule has 2 atom stereocenters. The number of carbonyl (C=O) groups is 1. The predicted molar refractivity (Wildman–Crippen MR) is 159 cm³/mol. The molecule has 1 aliphatic heterocycles. The van der Waals surface area contributed by atoms with Gasteiger partial charge in [-0.2, -0.15) is 5.06 Å². The van der Waals surface area contributed by atoms with E-state index in [9.17, 15) is 18.8 Å². The molecule has 3 aromatic carbocycles. The van der Waals surface area contributed by atoms with E-state index in [1.807, 2.05) is 19.1 Å². The number of hydrogen-bond donors (Lipinski definition) is 1. The van der Waals surface area contributed by atoms with E-state index in [2.05, 4.69) is 0 Å². The molecule has 11 heteroatoms. The molecular weight excluding hydrogens is 576 g/mol. The quantitative estimate of drug-likeness (QED) is 0.168. The molecule has 1 heterocycles. The maximum absolute atomic E-state index is 14.5. The number of methoxy groups -OCH3 is 4. The number of benzene rings is 3. The summed E-state index contributed by atoms with van der Waals surface area (Å²) >= 11 is 0. The van der Waals surface area contributed by atoms with Crippen LogP contribution < -0.4 is 23.7 Å². The van der Waals surface area contributed by atoms with E-state index >= 15 is 0 Å². The summed E-state index contributed by atoms with van der Waals surface area (Å²) in [5.74, 6) is -0.874. The highest BCUT2D eigenvalue weighted by Gasteiger charge is 2.32. The molecule has 1 fully saturated rings. The molecule has 1 aliphatic rings. The zero-order valence-corrected chi connectivity index (χ0v) is 25.6. The van der Waals surface area contributed by atoms with Gasteiger partial charge in [0.25, 0.3) is 5.91 Å². The van der Waals surface area contributed by atoms with Gasteiger partial charge in [0.15, 0.2) is 23.0 Å². The largest absolute Gasteiger partial charge is 0.493 e. The van der Waals surface area contributed by atoms with Crippen LogP contribution in [0.4, 0.5) is 8.78 Å². The van der Waals surface area contributed by atoms with Crippen LogP contribution in [0.25, 0.3) is 5.70 Å². The van der Waals surface area contributed by atoms with Crippen LogP contribution in [-0.2, 0) is 4.74 Å². The minimum Gasteiger partial charge on any atom is -0.493 e. The molecule has 3 aromatic rings. The van der Waals surface area contributed by atoms with E-state index in [-0.39, 0.29) is 23.7 Å². The van der Waals surface area contributed by atoms with E-state index in [0.717, 1.165) is 17.7 Å². The van der Waals surface area contributed by atoms with Gasteiger partial charge in [-0.3, -0.25) is 10.0 Å².